The summed E-state index contributed by atoms with van der Waals surface area (Å²) >= 11 is 0. The highest BCUT2D eigenvalue weighted by Crippen LogP contribution is 2.35. The van der Waals surface area contributed by atoms with E-state index in [0.717, 1.165) is 39.0 Å². The van der Waals surface area contributed by atoms with Crippen molar-refractivity contribution < 1.29 is 8.60 Å². The van der Waals surface area contributed by atoms with Crippen LogP contribution in [-0.4, -0.2) is 9.07 Å². The van der Waals surface area contributed by atoms with Gasteiger partial charge >= 0.3 is 0 Å². The van der Waals surface area contributed by atoms with Gasteiger partial charge in [0.05, 0.1) is 0 Å². The maximum atomic E-state index is 15.6. The zero-order chi connectivity index (χ0) is 25.2. The maximum absolute atomic E-state index is 15.6. The summed E-state index contributed by atoms with van der Waals surface area (Å²) < 4.78 is 29.2. The van der Waals surface area contributed by atoms with Gasteiger partial charge in [-0.05, 0) is 94.7 Å². The Kier molecular flexibility index (Phi) is 7.81. The van der Waals surface area contributed by atoms with Crippen molar-refractivity contribution in [3.05, 3.63) is 130 Å². The first kappa shape index (κ1) is 25.9. The monoisotopic (exact) mass is 490 g/mol. The Bertz CT molecular complexity index is 1420. The lowest BCUT2D eigenvalue weighted by Crippen LogP contribution is -2.08. The summed E-state index contributed by atoms with van der Waals surface area (Å²) in [7, 11) is -0.0920. The SMILES string of the molecule is C=C1C=CC=C(c2ccc(C(C)=S(=O)(P)c3ccc(C)cc3)cc2F)C(/C=C(/C)C(=C)C)=C1C. The Balaban J connectivity index is 2.15. The Hall–Kier alpha value is -2.74. The van der Waals surface area contributed by atoms with Gasteiger partial charge in [-0.1, -0.05) is 72.9 Å². The summed E-state index contributed by atoms with van der Waals surface area (Å²) in [5.74, 6) is -0.361. The summed E-state index contributed by atoms with van der Waals surface area (Å²) in [6.07, 6.45) is 7.79. The molecule has 0 aliphatic heterocycles. The highest BCUT2D eigenvalue weighted by Gasteiger charge is 2.18. The number of benzene rings is 2. The van der Waals surface area contributed by atoms with Crippen LogP contribution >= 0.6 is 8.44 Å². The molecule has 0 heterocycles. The molecule has 0 amide bonds. The summed E-state index contributed by atoms with van der Waals surface area (Å²) in [4.78, 5) is 1.33. The standard InChI is InChI=1S/C30H32FOPS/c1-19(2)22(5)17-29-23(6)21(4)9-8-10-27(29)28-16-13-25(18-30(28)31)24(7)34(32,33)26-14-11-20(3)12-15-26/h8-18H,1,4,33H2,2-3,5-7H3/b22-17-. The van der Waals surface area contributed by atoms with E-state index in [-0.39, 0.29) is 5.82 Å². The van der Waals surface area contributed by atoms with Crippen molar-refractivity contribution >= 4 is 28.0 Å². The molecule has 2 aromatic carbocycles. The average molecular weight is 491 g/mol. The number of rotatable bonds is 5. The Morgan fingerprint density at radius 2 is 1.71 bits per heavy atom. The molecule has 1 nitrogen and oxygen atoms in total. The van der Waals surface area contributed by atoms with Gasteiger partial charge in [-0.3, -0.25) is 4.21 Å². The van der Waals surface area contributed by atoms with Crippen LogP contribution < -0.4 is 0 Å². The van der Waals surface area contributed by atoms with Gasteiger partial charge in [0.2, 0.25) is 0 Å². The van der Waals surface area contributed by atoms with E-state index < -0.39 is 9.14 Å². The smallest absolute Gasteiger partial charge is 0.131 e. The highest BCUT2D eigenvalue weighted by molar-refractivity contribution is 8.44. The molecule has 1 aliphatic carbocycles. The fourth-order valence-corrected chi connectivity index (χ4v) is 5.91. The lowest BCUT2D eigenvalue weighted by Gasteiger charge is -2.16. The molecule has 34 heavy (non-hydrogen) atoms. The fraction of sp³-hybridized carbons (Fsp3) is 0.167. The molecule has 2 atom stereocenters. The molecule has 0 fully saturated rings. The van der Waals surface area contributed by atoms with Crippen LogP contribution in [0.1, 0.15) is 44.4 Å². The van der Waals surface area contributed by atoms with Crippen LogP contribution in [0, 0.1) is 12.7 Å². The predicted octanol–water partition coefficient (Wildman–Crippen LogP) is 8.16. The molecule has 0 spiro atoms. The Morgan fingerprint density at radius 1 is 1.06 bits per heavy atom. The summed E-state index contributed by atoms with van der Waals surface area (Å²) in [5.41, 5.74) is 7.74. The van der Waals surface area contributed by atoms with Gasteiger partial charge in [0, 0.05) is 24.5 Å². The normalized spacial score (nSPS) is 16.1. The molecule has 2 unspecified atom stereocenters. The van der Waals surface area contributed by atoms with E-state index in [1.54, 1.807) is 13.0 Å². The van der Waals surface area contributed by atoms with E-state index in [1.165, 1.54) is 6.07 Å². The number of hydrogen-bond acceptors (Lipinski definition) is 1. The third-order valence-electron chi connectivity index (χ3n) is 6.26. The number of halogens is 1. The highest BCUT2D eigenvalue weighted by atomic mass is 32.7. The minimum Gasteiger partial charge on any atom is -0.259 e. The molecule has 0 aromatic heterocycles. The van der Waals surface area contributed by atoms with Crippen molar-refractivity contribution in [2.75, 3.05) is 0 Å². The van der Waals surface area contributed by atoms with Crippen molar-refractivity contribution in [1.82, 2.24) is 0 Å². The molecule has 4 heteroatoms. The maximum Gasteiger partial charge on any atom is 0.131 e. The minimum atomic E-state index is -2.57. The van der Waals surface area contributed by atoms with Crippen LogP contribution in [0.25, 0.3) is 5.57 Å². The topological polar surface area (TPSA) is 17.1 Å². The molecule has 2 aromatic rings. The fourth-order valence-electron chi connectivity index (χ4n) is 3.66. The van der Waals surface area contributed by atoms with Gasteiger partial charge in [-0.25, -0.2) is 4.39 Å². The Morgan fingerprint density at radius 3 is 2.29 bits per heavy atom. The quantitative estimate of drug-likeness (QED) is 0.179. The van der Waals surface area contributed by atoms with Crippen LogP contribution in [0.2, 0.25) is 0 Å². The first-order valence-electron chi connectivity index (χ1n) is 11.1. The molecule has 3 rings (SSSR count). The van der Waals surface area contributed by atoms with E-state index in [0.29, 0.717) is 20.9 Å². The lowest BCUT2D eigenvalue weighted by molar-refractivity contribution is 0.624. The van der Waals surface area contributed by atoms with E-state index in [9.17, 15) is 4.21 Å². The molecule has 0 bridgehead atoms. The number of hydrogen-bond donors (Lipinski definition) is 0. The van der Waals surface area contributed by atoms with Gasteiger partial charge in [-0.15, -0.1) is 0 Å². The lowest BCUT2D eigenvalue weighted by atomic mass is 9.90. The second-order valence-electron chi connectivity index (χ2n) is 8.78. The van der Waals surface area contributed by atoms with Crippen molar-refractivity contribution in [3.8, 4) is 0 Å². The van der Waals surface area contributed by atoms with E-state index >= 15 is 4.39 Å². The third-order valence-corrected chi connectivity index (χ3v) is 10.3. The van der Waals surface area contributed by atoms with Crippen LogP contribution in [0.4, 0.5) is 4.39 Å². The number of aryl methyl sites for hydroxylation is 1. The van der Waals surface area contributed by atoms with Gasteiger partial charge in [-0.2, -0.15) is 0 Å². The average Bonchev–Trinajstić information content (AvgIpc) is 2.92. The van der Waals surface area contributed by atoms with Crippen molar-refractivity contribution in [3.63, 3.8) is 0 Å². The van der Waals surface area contributed by atoms with Crippen molar-refractivity contribution in [1.29, 1.82) is 0 Å². The summed E-state index contributed by atoms with van der Waals surface area (Å²) in [6, 6.07) is 12.7. The van der Waals surface area contributed by atoms with Crippen LogP contribution in [0.3, 0.4) is 0 Å². The van der Waals surface area contributed by atoms with Gasteiger partial charge < -0.3 is 0 Å². The largest absolute Gasteiger partial charge is 0.259 e. The van der Waals surface area contributed by atoms with E-state index in [1.807, 2.05) is 82.3 Å². The molecule has 0 saturated carbocycles. The third kappa shape index (κ3) is 5.32. The zero-order valence-electron chi connectivity index (χ0n) is 20.5. The van der Waals surface area contributed by atoms with Crippen molar-refractivity contribution in [2.45, 2.75) is 39.5 Å². The van der Waals surface area contributed by atoms with E-state index in [2.05, 4.69) is 21.6 Å². The first-order valence-corrected chi connectivity index (χ1v) is 14.1. The van der Waals surface area contributed by atoms with Crippen LogP contribution in [0.15, 0.2) is 113 Å². The summed E-state index contributed by atoms with van der Waals surface area (Å²) in [6.45, 7) is 17.9. The second-order valence-corrected chi connectivity index (χ2v) is 13.1. The van der Waals surface area contributed by atoms with Gasteiger partial charge in [0.1, 0.15) is 5.82 Å². The molecular formula is C30H32FOPS. The molecule has 0 saturated heterocycles. The zero-order valence-corrected chi connectivity index (χ0v) is 22.5. The summed E-state index contributed by atoms with van der Waals surface area (Å²) in [5, 5.41) is 0. The van der Waals surface area contributed by atoms with E-state index in [4.69, 9.17) is 0 Å². The second kappa shape index (κ2) is 10.3. The first-order chi connectivity index (χ1) is 15.9. The molecule has 0 N–H and O–H groups in total. The van der Waals surface area contributed by atoms with Crippen molar-refractivity contribution in [2.24, 2.45) is 0 Å². The molecular weight excluding hydrogens is 458 g/mol. The van der Waals surface area contributed by atoms with Crippen LogP contribution in [-0.2, 0) is 9.14 Å². The minimum absolute atomic E-state index is 0.361. The van der Waals surface area contributed by atoms with Crippen LogP contribution in [0.5, 0.6) is 0 Å². The Labute approximate surface area is 206 Å². The number of allylic oxidation sites excluding steroid dienone is 10. The molecule has 176 valence electrons. The molecule has 1 aliphatic rings. The predicted molar refractivity (Wildman–Crippen MR) is 151 cm³/mol. The molecule has 0 radical (unpaired) electrons. The van der Waals surface area contributed by atoms with Gasteiger partial charge in [0.15, 0.2) is 0 Å². The van der Waals surface area contributed by atoms with Gasteiger partial charge in [0.25, 0.3) is 0 Å².